The molecule has 0 heterocycles. The average molecular weight is 235 g/mol. The maximum Gasteiger partial charge on any atom is 0.124 e. The molecule has 2 rings (SSSR count). The van der Waals surface area contributed by atoms with Gasteiger partial charge < -0.3 is 15.6 Å². The quantitative estimate of drug-likeness (QED) is 0.825. The fourth-order valence-corrected chi connectivity index (χ4v) is 2.57. The summed E-state index contributed by atoms with van der Waals surface area (Å²) in [5, 5.41) is 10.8. The standard InChI is InChI=1S/C14H21NO2/c1-10-3-4-13(17-2)12(9-10)14(16)7-5-11(15)6-8-14/h3-4,9,11,16H,5-8,15H2,1-2H3. The van der Waals surface area contributed by atoms with Crippen molar-refractivity contribution in [1.29, 1.82) is 0 Å². The lowest BCUT2D eigenvalue weighted by Crippen LogP contribution is -2.37. The maximum absolute atomic E-state index is 10.8. The minimum absolute atomic E-state index is 0.228. The van der Waals surface area contributed by atoms with Crippen molar-refractivity contribution >= 4 is 0 Å². The van der Waals surface area contributed by atoms with Crippen molar-refractivity contribution in [2.24, 2.45) is 5.73 Å². The number of hydrogen-bond acceptors (Lipinski definition) is 3. The molecular formula is C14H21NO2. The summed E-state index contributed by atoms with van der Waals surface area (Å²) in [6, 6.07) is 6.18. The third kappa shape index (κ3) is 2.45. The van der Waals surface area contributed by atoms with Gasteiger partial charge in [-0.15, -0.1) is 0 Å². The number of benzene rings is 1. The first-order chi connectivity index (χ1) is 8.05. The Hall–Kier alpha value is -1.06. The molecule has 0 amide bonds. The van der Waals surface area contributed by atoms with Crippen molar-refractivity contribution in [3.05, 3.63) is 29.3 Å². The molecule has 0 radical (unpaired) electrons. The van der Waals surface area contributed by atoms with E-state index in [0.717, 1.165) is 29.7 Å². The molecule has 1 fully saturated rings. The Labute approximate surface area is 103 Å². The summed E-state index contributed by atoms with van der Waals surface area (Å²) in [4.78, 5) is 0. The molecule has 0 saturated heterocycles. The van der Waals surface area contributed by atoms with Gasteiger partial charge in [0.05, 0.1) is 12.7 Å². The van der Waals surface area contributed by atoms with Gasteiger partial charge in [0.1, 0.15) is 5.75 Å². The van der Waals surface area contributed by atoms with Gasteiger partial charge in [0.15, 0.2) is 0 Å². The first-order valence-electron chi connectivity index (χ1n) is 6.18. The van der Waals surface area contributed by atoms with Crippen molar-refractivity contribution in [2.75, 3.05) is 7.11 Å². The van der Waals surface area contributed by atoms with Crippen LogP contribution >= 0.6 is 0 Å². The highest BCUT2D eigenvalue weighted by Crippen LogP contribution is 2.41. The Bertz CT molecular complexity index is 395. The molecule has 94 valence electrons. The van der Waals surface area contributed by atoms with Crippen LogP contribution < -0.4 is 10.5 Å². The van der Waals surface area contributed by atoms with Crippen LogP contribution in [0.1, 0.15) is 36.8 Å². The van der Waals surface area contributed by atoms with Gasteiger partial charge in [-0.3, -0.25) is 0 Å². The first-order valence-corrected chi connectivity index (χ1v) is 6.18. The Morgan fingerprint density at radius 1 is 1.35 bits per heavy atom. The third-order valence-corrected chi connectivity index (χ3v) is 3.71. The van der Waals surface area contributed by atoms with Crippen molar-refractivity contribution in [1.82, 2.24) is 0 Å². The molecule has 0 aliphatic heterocycles. The number of aliphatic hydroxyl groups is 1. The van der Waals surface area contributed by atoms with Gasteiger partial charge in [0, 0.05) is 11.6 Å². The van der Waals surface area contributed by atoms with Crippen LogP contribution in [0.2, 0.25) is 0 Å². The van der Waals surface area contributed by atoms with Crippen LogP contribution in [0.25, 0.3) is 0 Å². The van der Waals surface area contributed by atoms with E-state index >= 15 is 0 Å². The predicted octanol–water partition coefficient (Wildman–Crippen LogP) is 2.09. The number of rotatable bonds is 2. The number of aryl methyl sites for hydroxylation is 1. The molecule has 1 aliphatic carbocycles. The summed E-state index contributed by atoms with van der Waals surface area (Å²) >= 11 is 0. The van der Waals surface area contributed by atoms with Crippen molar-refractivity contribution < 1.29 is 9.84 Å². The molecule has 3 nitrogen and oxygen atoms in total. The van der Waals surface area contributed by atoms with E-state index in [1.54, 1.807) is 7.11 Å². The maximum atomic E-state index is 10.8. The minimum atomic E-state index is -0.771. The van der Waals surface area contributed by atoms with Crippen molar-refractivity contribution in [2.45, 2.75) is 44.2 Å². The summed E-state index contributed by atoms with van der Waals surface area (Å²) < 4.78 is 5.35. The molecular weight excluding hydrogens is 214 g/mol. The molecule has 1 aromatic carbocycles. The molecule has 1 aliphatic rings. The van der Waals surface area contributed by atoms with Gasteiger partial charge in [-0.1, -0.05) is 11.6 Å². The number of ether oxygens (including phenoxy) is 1. The Balaban J connectivity index is 2.34. The zero-order chi connectivity index (χ0) is 12.5. The lowest BCUT2D eigenvalue weighted by atomic mass is 9.77. The summed E-state index contributed by atoms with van der Waals surface area (Å²) in [5.74, 6) is 0.772. The van der Waals surface area contributed by atoms with Gasteiger partial charge in [-0.2, -0.15) is 0 Å². The fourth-order valence-electron chi connectivity index (χ4n) is 2.57. The predicted molar refractivity (Wildman–Crippen MR) is 68.1 cm³/mol. The Morgan fingerprint density at radius 2 is 2.00 bits per heavy atom. The minimum Gasteiger partial charge on any atom is -0.496 e. The highest BCUT2D eigenvalue weighted by atomic mass is 16.5. The molecule has 1 saturated carbocycles. The number of hydrogen-bond donors (Lipinski definition) is 2. The van der Waals surface area contributed by atoms with Crippen LogP contribution in [0, 0.1) is 6.92 Å². The molecule has 1 aromatic rings. The second kappa shape index (κ2) is 4.67. The highest BCUT2D eigenvalue weighted by Gasteiger charge is 2.35. The van der Waals surface area contributed by atoms with E-state index in [2.05, 4.69) is 0 Å². The molecule has 3 N–H and O–H groups in total. The molecule has 17 heavy (non-hydrogen) atoms. The second-order valence-corrected chi connectivity index (χ2v) is 5.07. The number of nitrogens with two attached hydrogens (primary N) is 1. The Kier molecular flexibility index (Phi) is 3.40. The van der Waals surface area contributed by atoms with E-state index < -0.39 is 5.60 Å². The molecule has 0 spiro atoms. The normalized spacial score (nSPS) is 29.1. The van der Waals surface area contributed by atoms with Crippen LogP contribution in [0.5, 0.6) is 5.75 Å². The van der Waals surface area contributed by atoms with E-state index in [9.17, 15) is 5.11 Å². The smallest absolute Gasteiger partial charge is 0.124 e. The first kappa shape index (κ1) is 12.4. The molecule has 3 heteroatoms. The lowest BCUT2D eigenvalue weighted by Gasteiger charge is -2.36. The van der Waals surface area contributed by atoms with Gasteiger partial charge in [0.25, 0.3) is 0 Å². The number of methoxy groups -OCH3 is 1. The van der Waals surface area contributed by atoms with Gasteiger partial charge in [-0.05, 0) is 44.7 Å². The SMILES string of the molecule is COc1ccc(C)cc1C1(O)CCC(N)CC1. The lowest BCUT2D eigenvalue weighted by molar-refractivity contribution is -0.00689. The average Bonchev–Trinajstić information content (AvgIpc) is 2.33. The second-order valence-electron chi connectivity index (χ2n) is 5.07. The summed E-state index contributed by atoms with van der Waals surface area (Å²) in [5.41, 5.74) is 7.17. The summed E-state index contributed by atoms with van der Waals surface area (Å²) in [6.07, 6.45) is 3.17. The van der Waals surface area contributed by atoms with Crippen LogP contribution in [0.15, 0.2) is 18.2 Å². The third-order valence-electron chi connectivity index (χ3n) is 3.71. The van der Waals surface area contributed by atoms with Gasteiger partial charge >= 0.3 is 0 Å². The van der Waals surface area contributed by atoms with E-state index in [1.165, 1.54) is 0 Å². The summed E-state index contributed by atoms with van der Waals surface area (Å²) in [7, 11) is 1.64. The highest BCUT2D eigenvalue weighted by molar-refractivity contribution is 5.41. The fraction of sp³-hybridized carbons (Fsp3) is 0.571. The summed E-state index contributed by atoms with van der Waals surface area (Å²) in [6.45, 7) is 2.03. The topological polar surface area (TPSA) is 55.5 Å². The van der Waals surface area contributed by atoms with Crippen LogP contribution in [-0.2, 0) is 5.60 Å². The largest absolute Gasteiger partial charge is 0.496 e. The molecule has 0 atom stereocenters. The Morgan fingerprint density at radius 3 is 2.59 bits per heavy atom. The van der Waals surface area contributed by atoms with E-state index in [-0.39, 0.29) is 6.04 Å². The van der Waals surface area contributed by atoms with Crippen molar-refractivity contribution in [3.63, 3.8) is 0 Å². The van der Waals surface area contributed by atoms with E-state index in [1.807, 2.05) is 25.1 Å². The van der Waals surface area contributed by atoms with E-state index in [4.69, 9.17) is 10.5 Å². The molecule has 0 bridgehead atoms. The zero-order valence-corrected chi connectivity index (χ0v) is 10.6. The van der Waals surface area contributed by atoms with E-state index in [0.29, 0.717) is 12.8 Å². The molecule has 0 aromatic heterocycles. The van der Waals surface area contributed by atoms with Crippen molar-refractivity contribution in [3.8, 4) is 5.75 Å². The van der Waals surface area contributed by atoms with Crippen LogP contribution in [-0.4, -0.2) is 18.3 Å². The monoisotopic (exact) mass is 235 g/mol. The van der Waals surface area contributed by atoms with Gasteiger partial charge in [-0.25, -0.2) is 0 Å². The van der Waals surface area contributed by atoms with Gasteiger partial charge in [0.2, 0.25) is 0 Å². The van der Waals surface area contributed by atoms with Crippen LogP contribution in [0.4, 0.5) is 0 Å². The zero-order valence-electron chi connectivity index (χ0n) is 10.6. The molecule has 0 unspecified atom stereocenters. The van der Waals surface area contributed by atoms with Crippen LogP contribution in [0.3, 0.4) is 0 Å².